The Morgan fingerprint density at radius 3 is 1.55 bits per heavy atom. The minimum absolute atomic E-state index is 0.0503. The summed E-state index contributed by atoms with van der Waals surface area (Å²) in [7, 11) is 1.66. The number of hydrogen-bond acceptors (Lipinski definition) is 6. The Morgan fingerprint density at radius 2 is 1.35 bits per heavy atom. The Bertz CT molecular complexity index is 262. The maximum atomic E-state index is 8.10. The van der Waals surface area contributed by atoms with E-state index in [-0.39, 0.29) is 9.03 Å². The number of hydroxylamine groups is 2. The molecule has 0 amide bonds. The molecule has 0 atom stereocenters. The molecule has 116 valence electrons. The van der Waals surface area contributed by atoms with E-state index < -0.39 is 0 Å². The minimum Gasteiger partial charge on any atom is -0.335 e. The summed E-state index contributed by atoms with van der Waals surface area (Å²) in [4.78, 5) is 5.11. The molecule has 0 aromatic rings. The van der Waals surface area contributed by atoms with Crippen molar-refractivity contribution in [1.82, 2.24) is 5.06 Å². The molecule has 0 bridgehead atoms. The zero-order valence-corrected chi connectivity index (χ0v) is 14.0. The Hall–Kier alpha value is -0.750. The van der Waals surface area contributed by atoms with E-state index in [1.54, 1.807) is 7.11 Å². The third-order valence-corrected chi connectivity index (χ3v) is 2.62. The van der Waals surface area contributed by atoms with Crippen molar-refractivity contribution in [2.24, 2.45) is 0 Å². The highest BCUT2D eigenvalue weighted by molar-refractivity contribution is 7.26. The highest BCUT2D eigenvalue weighted by Crippen LogP contribution is 2.13. The van der Waals surface area contributed by atoms with Crippen LogP contribution < -0.4 is 0 Å². The Morgan fingerprint density at radius 1 is 0.950 bits per heavy atom. The molecule has 6 nitrogen and oxygen atoms in total. The molecule has 0 aliphatic carbocycles. The van der Waals surface area contributed by atoms with Gasteiger partial charge in [-0.15, -0.1) is 0 Å². The lowest BCUT2D eigenvalue weighted by Gasteiger charge is -2.27. The zero-order chi connectivity index (χ0) is 15.8. The van der Waals surface area contributed by atoms with Gasteiger partial charge in [-0.1, -0.05) is 0 Å². The second kappa shape index (κ2) is 16.3. The lowest BCUT2D eigenvalue weighted by atomic mass is 10.3. The van der Waals surface area contributed by atoms with Crippen molar-refractivity contribution >= 4 is 9.03 Å². The van der Waals surface area contributed by atoms with Crippen molar-refractivity contribution in [3.05, 3.63) is 0 Å². The van der Waals surface area contributed by atoms with Crippen LogP contribution in [0.3, 0.4) is 0 Å². The zero-order valence-electron chi connectivity index (χ0n) is 13.0. The molecule has 0 N–H and O–H groups in total. The topological polar surface area (TPSA) is 78.5 Å². The van der Waals surface area contributed by atoms with Crippen molar-refractivity contribution < 1.29 is 13.9 Å². The number of nitrogens with zero attached hydrogens (tertiary/aromatic N) is 3. The van der Waals surface area contributed by atoms with Crippen molar-refractivity contribution in [2.75, 3.05) is 20.3 Å². The maximum absolute atomic E-state index is 8.10. The lowest BCUT2D eigenvalue weighted by Crippen LogP contribution is -2.35. The normalized spacial score (nSPS) is 10.1. The summed E-state index contributed by atoms with van der Waals surface area (Å²) < 4.78 is 9.79. The van der Waals surface area contributed by atoms with Crippen LogP contribution in [0, 0.1) is 22.7 Å². The van der Waals surface area contributed by atoms with Crippen LogP contribution in [0.25, 0.3) is 0 Å². The van der Waals surface area contributed by atoms with Crippen LogP contribution in [0.2, 0.25) is 0 Å². The quantitative estimate of drug-likeness (QED) is 0.370. The smallest absolute Gasteiger partial charge is 0.155 e. The van der Waals surface area contributed by atoms with Gasteiger partial charge in [0.15, 0.2) is 9.03 Å². The molecule has 20 heavy (non-hydrogen) atoms. The maximum Gasteiger partial charge on any atom is 0.155 e. The Labute approximate surface area is 124 Å². The summed E-state index contributed by atoms with van der Waals surface area (Å²) in [6, 6.07) is 4.82. The molecule has 0 aromatic carbocycles. The molecule has 0 unspecified atom stereocenters. The molecule has 0 aliphatic rings. The fourth-order valence-corrected chi connectivity index (χ4v) is 1.79. The molecule has 0 aromatic heterocycles. The number of nitriles is 2. The van der Waals surface area contributed by atoms with Crippen molar-refractivity contribution in [2.45, 2.75) is 52.6 Å². The van der Waals surface area contributed by atoms with E-state index in [0.29, 0.717) is 38.1 Å². The fraction of sp³-hybridized carbons (Fsp3) is 0.846. The van der Waals surface area contributed by atoms with E-state index >= 15 is 0 Å². The monoisotopic (exact) mass is 303 g/mol. The van der Waals surface area contributed by atoms with Crippen LogP contribution in [0.15, 0.2) is 0 Å². The van der Waals surface area contributed by atoms with Gasteiger partial charge in [0.25, 0.3) is 0 Å². The molecule has 0 radical (unpaired) electrons. The van der Waals surface area contributed by atoms with Crippen molar-refractivity contribution in [1.29, 1.82) is 10.5 Å². The first-order valence-electron chi connectivity index (χ1n) is 6.56. The van der Waals surface area contributed by atoms with E-state index in [1.165, 1.54) is 0 Å². The number of hydrogen-bond donors (Lipinski definition) is 0. The molecule has 0 heterocycles. The molecule has 0 spiro atoms. The molecule has 0 rings (SSSR count). The van der Waals surface area contributed by atoms with Crippen LogP contribution in [0.5, 0.6) is 0 Å². The van der Waals surface area contributed by atoms with Gasteiger partial charge >= 0.3 is 0 Å². The van der Waals surface area contributed by atoms with Crippen LogP contribution >= 0.6 is 9.03 Å². The first-order chi connectivity index (χ1) is 9.51. The predicted molar refractivity (Wildman–Crippen MR) is 79.8 cm³/mol. The van der Waals surface area contributed by atoms with E-state index in [1.807, 2.05) is 17.2 Å². The van der Waals surface area contributed by atoms with Crippen LogP contribution in [-0.2, 0) is 13.9 Å². The summed E-state index contributed by atoms with van der Waals surface area (Å²) in [5, 5.41) is 18.2. The van der Waals surface area contributed by atoms with Gasteiger partial charge in [-0.2, -0.15) is 15.6 Å². The van der Waals surface area contributed by atoms with Crippen LogP contribution in [-0.4, -0.2) is 37.5 Å². The predicted octanol–water partition coefficient (Wildman–Crippen LogP) is 3.02. The Balaban J connectivity index is 0. The SMILES string of the molecule is CON(C(C)C)C(C)C.N#CCCOPOCCC#N. The molecule has 0 saturated carbocycles. The summed E-state index contributed by atoms with van der Waals surface area (Å²) in [5.74, 6) is 0. The van der Waals surface area contributed by atoms with Crippen molar-refractivity contribution in [3.8, 4) is 12.1 Å². The summed E-state index contributed by atoms with van der Waals surface area (Å²) in [6.07, 6.45) is 0.767. The van der Waals surface area contributed by atoms with Gasteiger partial charge < -0.3 is 13.9 Å². The average Bonchev–Trinajstić information content (AvgIpc) is 2.38. The summed E-state index contributed by atoms with van der Waals surface area (Å²) >= 11 is 0. The average molecular weight is 303 g/mol. The highest BCUT2D eigenvalue weighted by Gasteiger charge is 2.10. The second-order valence-corrected chi connectivity index (χ2v) is 5.07. The molecule has 0 saturated heterocycles. The van der Waals surface area contributed by atoms with Crippen LogP contribution in [0.4, 0.5) is 0 Å². The van der Waals surface area contributed by atoms with Gasteiger partial charge in [0, 0.05) is 12.1 Å². The third-order valence-electron chi connectivity index (χ3n) is 1.98. The minimum atomic E-state index is -0.0503. The standard InChI is InChI=1S/C7H17NO.C6H9N2O2P/c1-6(2)8(9-5)7(3)4;7-3-1-5-9-11-10-6-2-4-8/h6-7H,1-5H3;11H,1-2,5-6H2. The first-order valence-corrected chi connectivity index (χ1v) is 7.37. The summed E-state index contributed by atoms with van der Waals surface area (Å²) in [6.45, 7) is 9.27. The highest BCUT2D eigenvalue weighted by atomic mass is 31.1. The van der Waals surface area contributed by atoms with Crippen LogP contribution in [0.1, 0.15) is 40.5 Å². The van der Waals surface area contributed by atoms with Gasteiger partial charge in [0.2, 0.25) is 0 Å². The van der Waals surface area contributed by atoms with Gasteiger partial charge in [0.1, 0.15) is 0 Å². The molecular weight excluding hydrogens is 277 g/mol. The van der Waals surface area contributed by atoms with Gasteiger partial charge in [-0.3, -0.25) is 0 Å². The molecule has 7 heteroatoms. The second-order valence-electron chi connectivity index (χ2n) is 4.33. The van der Waals surface area contributed by atoms with Gasteiger partial charge in [-0.05, 0) is 27.7 Å². The van der Waals surface area contributed by atoms with E-state index in [2.05, 4.69) is 27.7 Å². The Kier molecular flexibility index (Phi) is 17.6. The lowest BCUT2D eigenvalue weighted by molar-refractivity contribution is -0.174. The summed E-state index contributed by atoms with van der Waals surface area (Å²) in [5.41, 5.74) is 0. The number of rotatable bonds is 9. The van der Waals surface area contributed by atoms with Gasteiger partial charge in [-0.25, -0.2) is 0 Å². The van der Waals surface area contributed by atoms with Crippen molar-refractivity contribution in [3.63, 3.8) is 0 Å². The third kappa shape index (κ3) is 15.3. The van der Waals surface area contributed by atoms with Gasteiger partial charge in [0.05, 0.1) is 45.3 Å². The van der Waals surface area contributed by atoms with E-state index in [0.717, 1.165) is 0 Å². The van der Waals surface area contributed by atoms with E-state index in [4.69, 9.17) is 24.4 Å². The molecule has 0 fully saturated rings. The van der Waals surface area contributed by atoms with E-state index in [9.17, 15) is 0 Å². The molecular formula is C13H26N3O3P. The fourth-order valence-electron chi connectivity index (χ4n) is 1.34. The molecule has 0 aliphatic heterocycles. The first kappa shape index (κ1) is 21.5. The largest absolute Gasteiger partial charge is 0.335 e.